The van der Waals surface area contributed by atoms with Crippen LogP contribution in [-0.4, -0.2) is 69.1 Å². The normalized spacial score (nSPS) is 16.1. The smallest absolute Gasteiger partial charge is 0.213 e. The molecule has 1 aromatic rings. The van der Waals surface area contributed by atoms with E-state index in [-0.39, 0.29) is 5.75 Å². The Morgan fingerprint density at radius 2 is 1.73 bits per heavy atom. The van der Waals surface area contributed by atoms with E-state index in [0.29, 0.717) is 19.6 Å². The molecule has 1 aliphatic rings. The average molecular weight is 438 g/mol. The van der Waals surface area contributed by atoms with Gasteiger partial charge in [0.2, 0.25) is 10.0 Å². The maximum Gasteiger partial charge on any atom is 0.213 e. The highest BCUT2D eigenvalue weighted by Gasteiger charge is 2.14. The van der Waals surface area contributed by atoms with E-state index in [1.807, 2.05) is 6.92 Å². The van der Waals surface area contributed by atoms with Crippen molar-refractivity contribution in [3.63, 3.8) is 0 Å². The summed E-state index contributed by atoms with van der Waals surface area (Å²) in [6, 6.07) is 8.75. The number of hydrogen-bond acceptors (Lipinski definition) is 4. The van der Waals surface area contributed by atoms with Gasteiger partial charge in [-0.1, -0.05) is 30.7 Å². The van der Waals surface area contributed by atoms with Crippen molar-refractivity contribution in [2.75, 3.05) is 45.5 Å². The first-order valence-electron chi connectivity index (χ1n) is 11.2. The highest BCUT2D eigenvalue weighted by Crippen LogP contribution is 2.14. The number of piperidine rings is 1. The Morgan fingerprint density at radius 3 is 2.37 bits per heavy atom. The third kappa shape index (κ3) is 8.62. The topological polar surface area (TPSA) is 77.0 Å². The van der Waals surface area contributed by atoms with Gasteiger partial charge in [0.1, 0.15) is 0 Å². The Hall–Kier alpha value is -1.64. The SMILES string of the molecule is CCNC(=NCc1ccc(CN2CCCCC2)cc1)NCCCN(C)S(=O)(=O)CC. The Labute approximate surface area is 183 Å². The van der Waals surface area contributed by atoms with E-state index in [9.17, 15) is 8.42 Å². The van der Waals surface area contributed by atoms with Crippen molar-refractivity contribution >= 4 is 16.0 Å². The number of nitrogens with zero attached hydrogens (tertiary/aromatic N) is 3. The fourth-order valence-electron chi connectivity index (χ4n) is 3.51. The van der Waals surface area contributed by atoms with Crippen molar-refractivity contribution in [1.82, 2.24) is 19.8 Å². The Bertz CT molecular complexity index is 743. The maximum atomic E-state index is 11.8. The summed E-state index contributed by atoms with van der Waals surface area (Å²) in [7, 11) is -1.48. The highest BCUT2D eigenvalue weighted by atomic mass is 32.2. The fourth-order valence-corrected chi connectivity index (χ4v) is 4.35. The molecule has 170 valence electrons. The Balaban J connectivity index is 1.79. The predicted molar refractivity (Wildman–Crippen MR) is 125 cm³/mol. The molecule has 1 aromatic carbocycles. The number of nitrogens with one attached hydrogen (secondary N) is 2. The van der Waals surface area contributed by atoms with Crippen LogP contribution in [0.25, 0.3) is 0 Å². The van der Waals surface area contributed by atoms with E-state index < -0.39 is 10.0 Å². The number of likely N-dealkylation sites (tertiary alicyclic amines) is 1. The van der Waals surface area contributed by atoms with E-state index in [2.05, 4.69) is 44.8 Å². The zero-order valence-electron chi connectivity index (χ0n) is 18.9. The second-order valence-corrected chi connectivity index (χ2v) is 10.2. The van der Waals surface area contributed by atoms with Crippen molar-refractivity contribution in [1.29, 1.82) is 0 Å². The molecule has 1 saturated heterocycles. The molecule has 0 aromatic heterocycles. The van der Waals surface area contributed by atoms with Crippen molar-refractivity contribution in [2.24, 2.45) is 4.99 Å². The van der Waals surface area contributed by atoms with Gasteiger partial charge in [-0.2, -0.15) is 0 Å². The molecule has 2 N–H and O–H groups in total. The van der Waals surface area contributed by atoms with Crippen molar-refractivity contribution in [3.8, 4) is 0 Å². The van der Waals surface area contributed by atoms with Crippen LogP contribution < -0.4 is 10.6 Å². The second kappa shape index (κ2) is 12.9. The van der Waals surface area contributed by atoms with E-state index in [1.54, 1.807) is 14.0 Å². The van der Waals surface area contributed by atoms with Crippen molar-refractivity contribution < 1.29 is 8.42 Å². The molecule has 8 heteroatoms. The van der Waals surface area contributed by atoms with Gasteiger partial charge in [0.25, 0.3) is 0 Å². The monoisotopic (exact) mass is 437 g/mol. The van der Waals surface area contributed by atoms with Crippen LogP contribution >= 0.6 is 0 Å². The van der Waals surface area contributed by atoms with Gasteiger partial charge in [-0.3, -0.25) is 4.90 Å². The quantitative estimate of drug-likeness (QED) is 0.316. The molecular formula is C22H39N5O2S. The second-order valence-electron chi connectivity index (χ2n) is 7.85. The van der Waals surface area contributed by atoms with Crippen LogP contribution in [0.15, 0.2) is 29.3 Å². The van der Waals surface area contributed by atoms with Gasteiger partial charge in [-0.15, -0.1) is 0 Å². The van der Waals surface area contributed by atoms with Crippen LogP contribution in [0.4, 0.5) is 0 Å². The summed E-state index contributed by atoms with van der Waals surface area (Å²) in [6.45, 7) is 9.73. The molecule has 0 atom stereocenters. The first-order chi connectivity index (χ1) is 14.4. The molecule has 0 saturated carbocycles. The minimum absolute atomic E-state index is 0.137. The number of hydrogen-bond donors (Lipinski definition) is 2. The minimum atomic E-state index is -3.11. The molecule has 0 spiro atoms. The van der Waals surface area contributed by atoms with Crippen LogP contribution in [0.3, 0.4) is 0 Å². The molecule has 0 amide bonds. The lowest BCUT2D eigenvalue weighted by Gasteiger charge is -2.26. The third-order valence-corrected chi connectivity index (χ3v) is 7.29. The summed E-state index contributed by atoms with van der Waals surface area (Å²) in [5.74, 6) is 0.897. The van der Waals surface area contributed by atoms with Crippen LogP contribution in [0.2, 0.25) is 0 Å². The number of sulfonamides is 1. The van der Waals surface area contributed by atoms with Gasteiger partial charge in [0, 0.05) is 33.2 Å². The predicted octanol–water partition coefficient (Wildman–Crippen LogP) is 2.40. The fraction of sp³-hybridized carbons (Fsp3) is 0.682. The average Bonchev–Trinajstić information content (AvgIpc) is 2.76. The molecule has 0 radical (unpaired) electrons. The molecule has 30 heavy (non-hydrogen) atoms. The van der Waals surface area contributed by atoms with Crippen molar-refractivity contribution in [2.45, 2.75) is 52.6 Å². The van der Waals surface area contributed by atoms with Crippen LogP contribution in [-0.2, 0) is 23.1 Å². The van der Waals surface area contributed by atoms with Gasteiger partial charge in [0.15, 0.2) is 5.96 Å². The standard InChI is InChI=1S/C22H39N5O2S/c1-4-23-22(24-14-9-15-26(3)30(28,29)5-2)25-18-20-10-12-21(13-11-20)19-27-16-7-6-8-17-27/h10-13H,4-9,14-19H2,1-3H3,(H2,23,24,25). The first-order valence-corrected chi connectivity index (χ1v) is 12.8. The van der Waals surface area contributed by atoms with Gasteiger partial charge in [-0.25, -0.2) is 17.7 Å². The summed E-state index contributed by atoms with van der Waals surface area (Å²) in [5, 5.41) is 6.54. The molecule has 1 heterocycles. The molecule has 0 unspecified atom stereocenters. The van der Waals surface area contributed by atoms with Gasteiger partial charge >= 0.3 is 0 Å². The van der Waals surface area contributed by atoms with Crippen LogP contribution in [0, 0.1) is 0 Å². The number of rotatable bonds is 11. The zero-order valence-corrected chi connectivity index (χ0v) is 19.7. The largest absolute Gasteiger partial charge is 0.357 e. The van der Waals surface area contributed by atoms with Crippen molar-refractivity contribution in [3.05, 3.63) is 35.4 Å². The molecule has 1 aliphatic heterocycles. The molecule has 2 rings (SSSR count). The lowest BCUT2D eigenvalue weighted by atomic mass is 10.1. The molecule has 1 fully saturated rings. The lowest BCUT2D eigenvalue weighted by Crippen LogP contribution is -2.39. The van der Waals surface area contributed by atoms with E-state index >= 15 is 0 Å². The highest BCUT2D eigenvalue weighted by molar-refractivity contribution is 7.89. The molecular weight excluding hydrogens is 398 g/mol. The van der Waals surface area contributed by atoms with Crippen LogP contribution in [0.1, 0.15) is 50.7 Å². The molecule has 0 aliphatic carbocycles. The summed E-state index contributed by atoms with van der Waals surface area (Å²) in [5.41, 5.74) is 2.55. The minimum Gasteiger partial charge on any atom is -0.357 e. The zero-order chi connectivity index (χ0) is 21.8. The summed E-state index contributed by atoms with van der Waals surface area (Å²) in [6.07, 6.45) is 4.73. The maximum absolute atomic E-state index is 11.8. The number of aliphatic imine (C=N–C) groups is 1. The van der Waals surface area contributed by atoms with Gasteiger partial charge in [-0.05, 0) is 57.3 Å². The van der Waals surface area contributed by atoms with Gasteiger partial charge < -0.3 is 10.6 Å². The lowest BCUT2D eigenvalue weighted by molar-refractivity contribution is 0.221. The van der Waals surface area contributed by atoms with E-state index in [0.717, 1.165) is 25.5 Å². The van der Waals surface area contributed by atoms with E-state index in [1.165, 1.54) is 47.8 Å². The summed E-state index contributed by atoms with van der Waals surface area (Å²) < 4.78 is 25.0. The molecule has 7 nitrogen and oxygen atoms in total. The summed E-state index contributed by atoms with van der Waals surface area (Å²) >= 11 is 0. The third-order valence-electron chi connectivity index (χ3n) is 5.42. The first kappa shape index (κ1) is 24.6. The van der Waals surface area contributed by atoms with Crippen LogP contribution in [0.5, 0.6) is 0 Å². The molecule has 0 bridgehead atoms. The Morgan fingerprint density at radius 1 is 1.07 bits per heavy atom. The number of guanidine groups is 1. The van der Waals surface area contributed by atoms with E-state index in [4.69, 9.17) is 0 Å². The van der Waals surface area contributed by atoms with Gasteiger partial charge in [0.05, 0.1) is 12.3 Å². The Kier molecular flexibility index (Phi) is 10.6. The number of benzene rings is 1. The summed E-state index contributed by atoms with van der Waals surface area (Å²) in [4.78, 5) is 7.20.